The van der Waals surface area contributed by atoms with Crippen LogP contribution in [-0.4, -0.2) is 11.6 Å². The fourth-order valence-electron chi connectivity index (χ4n) is 2.22. The molecule has 0 aliphatic carbocycles. The van der Waals surface area contributed by atoms with Gasteiger partial charge >= 0.3 is 5.97 Å². The predicted molar refractivity (Wildman–Crippen MR) is 90.9 cm³/mol. The van der Waals surface area contributed by atoms with Gasteiger partial charge in [0.2, 0.25) is 0 Å². The zero-order valence-corrected chi connectivity index (χ0v) is 13.6. The second-order valence-electron chi connectivity index (χ2n) is 6.38. The molecule has 0 radical (unpaired) electrons. The lowest BCUT2D eigenvalue weighted by atomic mass is 9.96. The quantitative estimate of drug-likeness (QED) is 0.744. The van der Waals surface area contributed by atoms with Gasteiger partial charge in [-0.25, -0.2) is 4.79 Å². The van der Waals surface area contributed by atoms with Crippen molar-refractivity contribution >= 4 is 11.5 Å². The molecule has 0 spiro atoms. The van der Waals surface area contributed by atoms with Gasteiger partial charge in [-0.3, -0.25) is 0 Å². The molecule has 0 amide bonds. The number of carbonyl (C=O) groups excluding carboxylic acids is 1. The minimum Gasteiger partial charge on any atom is -0.456 e. The monoisotopic (exact) mass is 294 g/mol. The number of carbonyl (C=O) groups is 1. The van der Waals surface area contributed by atoms with Gasteiger partial charge in [0.25, 0.3) is 0 Å². The van der Waals surface area contributed by atoms with E-state index >= 15 is 0 Å². The van der Waals surface area contributed by atoms with Crippen LogP contribution < -0.4 is 0 Å². The second kappa shape index (κ2) is 6.18. The van der Waals surface area contributed by atoms with Gasteiger partial charge in [-0.1, -0.05) is 49.0 Å². The number of hydrogen-bond acceptors (Lipinski definition) is 2. The molecule has 0 atom stereocenters. The average molecular weight is 294 g/mol. The summed E-state index contributed by atoms with van der Waals surface area (Å²) in [5, 5.41) is 0. The summed E-state index contributed by atoms with van der Waals surface area (Å²) in [5.74, 6) is -0.290. The molecule has 0 saturated carbocycles. The largest absolute Gasteiger partial charge is 0.456 e. The Morgan fingerprint density at radius 1 is 1.00 bits per heavy atom. The maximum Gasteiger partial charge on any atom is 0.338 e. The minimum atomic E-state index is -0.490. The Balaban J connectivity index is 2.27. The highest BCUT2D eigenvalue weighted by atomic mass is 16.6. The van der Waals surface area contributed by atoms with Gasteiger partial charge in [0.15, 0.2) is 0 Å². The third kappa shape index (κ3) is 3.85. The van der Waals surface area contributed by atoms with Crippen LogP contribution in [0.4, 0.5) is 0 Å². The Labute approximate surface area is 132 Å². The second-order valence-corrected chi connectivity index (χ2v) is 6.38. The smallest absolute Gasteiger partial charge is 0.338 e. The van der Waals surface area contributed by atoms with Crippen LogP contribution in [0.3, 0.4) is 0 Å². The van der Waals surface area contributed by atoms with E-state index in [2.05, 4.69) is 6.58 Å². The summed E-state index contributed by atoms with van der Waals surface area (Å²) >= 11 is 0. The van der Waals surface area contributed by atoms with Crippen LogP contribution in [0.25, 0.3) is 5.57 Å². The van der Waals surface area contributed by atoms with E-state index in [0.717, 1.165) is 22.3 Å². The molecule has 22 heavy (non-hydrogen) atoms. The van der Waals surface area contributed by atoms with Crippen LogP contribution >= 0.6 is 0 Å². The summed E-state index contributed by atoms with van der Waals surface area (Å²) in [5.41, 5.74) is 4.03. The number of ether oxygens (including phenoxy) is 1. The zero-order chi connectivity index (χ0) is 16.3. The molecule has 0 fully saturated rings. The number of rotatable bonds is 3. The molecule has 0 N–H and O–H groups in total. The third-order valence-electron chi connectivity index (χ3n) is 3.32. The van der Waals surface area contributed by atoms with E-state index in [1.54, 1.807) is 0 Å². The first kappa shape index (κ1) is 16.0. The van der Waals surface area contributed by atoms with Gasteiger partial charge in [-0.15, -0.1) is 0 Å². The highest BCUT2D eigenvalue weighted by Crippen LogP contribution is 2.24. The van der Waals surface area contributed by atoms with Gasteiger partial charge in [-0.05, 0) is 56.0 Å². The Hall–Kier alpha value is -2.35. The SMILES string of the molecule is C=C(c1ccccc1)c1ccc(C(=O)OC(C)(C)C)c(C)c1. The van der Waals surface area contributed by atoms with Gasteiger partial charge < -0.3 is 4.74 Å². The summed E-state index contributed by atoms with van der Waals surface area (Å²) in [7, 11) is 0. The van der Waals surface area contributed by atoms with Gasteiger partial charge in [0, 0.05) is 0 Å². The Kier molecular flexibility index (Phi) is 4.51. The van der Waals surface area contributed by atoms with Crippen molar-refractivity contribution in [3.05, 3.63) is 77.4 Å². The van der Waals surface area contributed by atoms with Crippen LogP contribution in [0, 0.1) is 6.92 Å². The fourth-order valence-corrected chi connectivity index (χ4v) is 2.22. The Morgan fingerprint density at radius 2 is 1.64 bits per heavy atom. The van der Waals surface area contributed by atoms with E-state index in [4.69, 9.17) is 4.74 Å². The summed E-state index contributed by atoms with van der Waals surface area (Å²) in [6.45, 7) is 11.7. The van der Waals surface area contributed by atoms with Gasteiger partial charge in [0.05, 0.1) is 5.56 Å². The molecule has 0 aliphatic rings. The normalized spacial score (nSPS) is 11.1. The van der Waals surface area contributed by atoms with E-state index < -0.39 is 5.60 Å². The van der Waals surface area contributed by atoms with E-state index in [1.807, 2.05) is 76.2 Å². The number of hydrogen-bond donors (Lipinski definition) is 0. The molecule has 2 rings (SSSR count). The molecule has 0 heterocycles. The van der Waals surface area contributed by atoms with Crippen molar-refractivity contribution in [2.24, 2.45) is 0 Å². The van der Waals surface area contributed by atoms with Gasteiger partial charge in [0.1, 0.15) is 5.60 Å². The predicted octanol–water partition coefficient (Wildman–Crippen LogP) is 5.01. The molecular weight excluding hydrogens is 272 g/mol. The van der Waals surface area contributed by atoms with Crippen LogP contribution in [0.2, 0.25) is 0 Å². The molecule has 0 saturated heterocycles. The van der Waals surface area contributed by atoms with E-state index in [9.17, 15) is 4.79 Å². The summed E-state index contributed by atoms with van der Waals surface area (Å²) < 4.78 is 5.43. The van der Waals surface area contributed by atoms with Crippen molar-refractivity contribution in [2.45, 2.75) is 33.3 Å². The summed E-state index contributed by atoms with van der Waals surface area (Å²) in [4.78, 5) is 12.2. The molecule has 2 aromatic carbocycles. The molecule has 0 unspecified atom stereocenters. The summed E-state index contributed by atoms with van der Waals surface area (Å²) in [6.07, 6.45) is 0. The molecule has 2 aromatic rings. The van der Waals surface area contributed by atoms with Crippen molar-refractivity contribution in [3.63, 3.8) is 0 Å². The molecular formula is C20H22O2. The number of esters is 1. The number of aryl methyl sites for hydroxylation is 1. The Morgan fingerprint density at radius 3 is 2.18 bits per heavy atom. The van der Waals surface area contributed by atoms with Crippen LogP contribution in [0.1, 0.15) is 47.8 Å². The highest BCUT2D eigenvalue weighted by Gasteiger charge is 2.19. The third-order valence-corrected chi connectivity index (χ3v) is 3.32. The van der Waals surface area contributed by atoms with Crippen LogP contribution in [-0.2, 0) is 4.74 Å². The first-order valence-corrected chi connectivity index (χ1v) is 7.36. The van der Waals surface area contributed by atoms with Crippen LogP contribution in [0.15, 0.2) is 55.1 Å². The average Bonchev–Trinajstić information content (AvgIpc) is 2.45. The summed E-state index contributed by atoms with van der Waals surface area (Å²) in [6, 6.07) is 15.7. The van der Waals surface area contributed by atoms with Crippen molar-refractivity contribution in [1.82, 2.24) is 0 Å². The first-order valence-electron chi connectivity index (χ1n) is 7.36. The van der Waals surface area contributed by atoms with Gasteiger partial charge in [-0.2, -0.15) is 0 Å². The topological polar surface area (TPSA) is 26.3 Å². The molecule has 2 nitrogen and oxygen atoms in total. The maximum atomic E-state index is 12.2. The van der Waals surface area contributed by atoms with Crippen LogP contribution in [0.5, 0.6) is 0 Å². The maximum absolute atomic E-state index is 12.2. The molecule has 0 bridgehead atoms. The molecule has 0 aliphatic heterocycles. The first-order chi connectivity index (χ1) is 10.3. The minimum absolute atomic E-state index is 0.290. The van der Waals surface area contributed by atoms with Crippen molar-refractivity contribution < 1.29 is 9.53 Å². The number of benzene rings is 2. The molecule has 2 heteroatoms. The van der Waals surface area contributed by atoms with Crippen molar-refractivity contribution in [3.8, 4) is 0 Å². The lowest BCUT2D eigenvalue weighted by molar-refractivity contribution is 0.00688. The molecule has 114 valence electrons. The van der Waals surface area contributed by atoms with E-state index in [0.29, 0.717) is 5.56 Å². The Bertz CT molecular complexity index is 691. The highest BCUT2D eigenvalue weighted by molar-refractivity contribution is 5.92. The van der Waals surface area contributed by atoms with E-state index in [-0.39, 0.29) is 5.97 Å². The van der Waals surface area contributed by atoms with Crippen molar-refractivity contribution in [1.29, 1.82) is 0 Å². The fraction of sp³-hybridized carbons (Fsp3) is 0.250. The van der Waals surface area contributed by atoms with E-state index in [1.165, 1.54) is 0 Å². The standard InChI is InChI=1S/C20H22O2/c1-14-13-17(15(2)16-9-7-6-8-10-16)11-12-18(14)19(21)22-20(3,4)5/h6-13H,2H2,1,3-5H3. The van der Waals surface area contributed by atoms with Crippen molar-refractivity contribution in [2.75, 3.05) is 0 Å². The lowest BCUT2D eigenvalue weighted by Gasteiger charge is -2.20. The lowest BCUT2D eigenvalue weighted by Crippen LogP contribution is -2.24. The molecule has 0 aromatic heterocycles. The zero-order valence-electron chi connectivity index (χ0n) is 13.6.